The molecular weight excluding hydrogens is 188 g/mol. The first kappa shape index (κ1) is 10.9. The number of β-lactam (4-membered cyclic amide) rings is 1. The molecule has 0 aromatic heterocycles. The second kappa shape index (κ2) is 3.78. The third-order valence-corrected chi connectivity index (χ3v) is 4.06. The van der Waals surface area contributed by atoms with Gasteiger partial charge in [0.2, 0.25) is 5.91 Å². The van der Waals surface area contributed by atoms with Crippen molar-refractivity contribution in [3.8, 4) is 0 Å². The fourth-order valence-corrected chi connectivity index (χ4v) is 3.49. The first-order valence-corrected chi connectivity index (χ1v) is 6.15. The summed E-state index contributed by atoms with van der Waals surface area (Å²) in [5.74, 6) is 0.992. The van der Waals surface area contributed by atoms with Gasteiger partial charge in [0.1, 0.15) is 0 Å². The van der Waals surface area contributed by atoms with Gasteiger partial charge < -0.3 is 10.2 Å². The molecule has 1 unspecified atom stereocenters. The van der Waals surface area contributed by atoms with Crippen LogP contribution in [0.3, 0.4) is 0 Å². The molecule has 3 heteroatoms. The number of rotatable bonds is 2. The average Bonchev–Trinajstić information content (AvgIpc) is 2.25. The molecule has 0 aromatic rings. The van der Waals surface area contributed by atoms with E-state index in [0.29, 0.717) is 17.9 Å². The summed E-state index contributed by atoms with van der Waals surface area (Å²) < 4.78 is 0. The first-order valence-electron chi connectivity index (χ1n) is 6.15. The zero-order valence-electron chi connectivity index (χ0n) is 10.0. The standard InChI is InChI=1S/C12H22N2O/c1-4-14-10(9(2)3)12(11(14)15)5-7-13-8-6-12/h9-10,13H,4-8H2,1-3H3. The summed E-state index contributed by atoms with van der Waals surface area (Å²) in [7, 11) is 0. The van der Waals surface area contributed by atoms with Crippen molar-refractivity contribution in [1.82, 2.24) is 10.2 Å². The Balaban J connectivity index is 2.19. The number of hydrogen-bond acceptors (Lipinski definition) is 2. The fourth-order valence-electron chi connectivity index (χ4n) is 3.49. The van der Waals surface area contributed by atoms with Gasteiger partial charge in [-0.05, 0) is 38.8 Å². The van der Waals surface area contributed by atoms with Crippen LogP contribution in [-0.2, 0) is 4.79 Å². The third kappa shape index (κ3) is 1.40. The Labute approximate surface area is 92.2 Å². The van der Waals surface area contributed by atoms with Gasteiger partial charge in [-0.15, -0.1) is 0 Å². The van der Waals surface area contributed by atoms with E-state index in [1.54, 1.807) is 0 Å². The smallest absolute Gasteiger partial charge is 0.231 e. The van der Waals surface area contributed by atoms with Gasteiger partial charge in [-0.3, -0.25) is 4.79 Å². The van der Waals surface area contributed by atoms with Crippen molar-refractivity contribution in [3.05, 3.63) is 0 Å². The van der Waals surface area contributed by atoms with Crippen LogP contribution in [0.5, 0.6) is 0 Å². The third-order valence-electron chi connectivity index (χ3n) is 4.06. The van der Waals surface area contributed by atoms with Gasteiger partial charge in [-0.1, -0.05) is 13.8 Å². The fraction of sp³-hybridized carbons (Fsp3) is 0.917. The van der Waals surface area contributed by atoms with Crippen LogP contribution in [0, 0.1) is 11.3 Å². The molecule has 0 bridgehead atoms. The van der Waals surface area contributed by atoms with Crippen LogP contribution in [0.4, 0.5) is 0 Å². The second-order valence-electron chi connectivity index (χ2n) is 5.19. The van der Waals surface area contributed by atoms with Crippen molar-refractivity contribution in [2.45, 2.75) is 39.7 Å². The van der Waals surface area contributed by atoms with Crippen LogP contribution < -0.4 is 5.32 Å². The van der Waals surface area contributed by atoms with Gasteiger partial charge in [0.15, 0.2) is 0 Å². The highest BCUT2D eigenvalue weighted by Crippen LogP contribution is 2.48. The highest BCUT2D eigenvalue weighted by Gasteiger charge is 2.60. The minimum atomic E-state index is -0.00454. The normalized spacial score (nSPS) is 29.7. The molecule has 2 saturated heterocycles. The zero-order valence-corrected chi connectivity index (χ0v) is 10.0. The molecule has 3 nitrogen and oxygen atoms in total. The predicted molar refractivity (Wildman–Crippen MR) is 60.5 cm³/mol. The number of carbonyl (C=O) groups is 1. The SMILES string of the molecule is CCN1C(=O)C2(CCNCC2)C1C(C)C. The summed E-state index contributed by atoms with van der Waals surface area (Å²) in [4.78, 5) is 14.2. The Bertz CT molecular complexity index is 256. The molecule has 1 N–H and O–H groups in total. The zero-order chi connectivity index (χ0) is 11.1. The molecule has 2 aliphatic heterocycles. The summed E-state index contributed by atoms with van der Waals surface area (Å²) >= 11 is 0. The van der Waals surface area contributed by atoms with Gasteiger partial charge >= 0.3 is 0 Å². The number of amides is 1. The van der Waals surface area contributed by atoms with E-state index in [2.05, 4.69) is 31.0 Å². The summed E-state index contributed by atoms with van der Waals surface area (Å²) in [5, 5.41) is 3.35. The van der Waals surface area contributed by atoms with Crippen LogP contribution >= 0.6 is 0 Å². The van der Waals surface area contributed by atoms with Crippen LogP contribution in [-0.4, -0.2) is 36.5 Å². The van der Waals surface area contributed by atoms with Crippen molar-refractivity contribution >= 4 is 5.91 Å². The lowest BCUT2D eigenvalue weighted by Crippen LogP contribution is -2.72. The molecule has 0 radical (unpaired) electrons. The van der Waals surface area contributed by atoms with Crippen LogP contribution in [0.15, 0.2) is 0 Å². The molecule has 86 valence electrons. The van der Waals surface area contributed by atoms with Crippen molar-refractivity contribution in [2.24, 2.45) is 11.3 Å². The predicted octanol–water partition coefficient (Wildman–Crippen LogP) is 1.24. The van der Waals surface area contributed by atoms with Crippen molar-refractivity contribution in [3.63, 3.8) is 0 Å². The number of hydrogen-bond donors (Lipinski definition) is 1. The van der Waals surface area contributed by atoms with Crippen molar-refractivity contribution in [1.29, 1.82) is 0 Å². The monoisotopic (exact) mass is 210 g/mol. The van der Waals surface area contributed by atoms with Gasteiger partial charge in [-0.2, -0.15) is 0 Å². The van der Waals surface area contributed by atoms with Crippen LogP contribution in [0.25, 0.3) is 0 Å². The Morgan fingerprint density at radius 1 is 1.47 bits per heavy atom. The Hall–Kier alpha value is -0.570. The number of nitrogens with zero attached hydrogens (tertiary/aromatic N) is 1. The van der Waals surface area contributed by atoms with E-state index in [0.717, 1.165) is 32.5 Å². The van der Waals surface area contributed by atoms with Gasteiger partial charge in [0, 0.05) is 12.6 Å². The lowest BCUT2D eigenvalue weighted by Gasteiger charge is -2.59. The summed E-state index contributed by atoms with van der Waals surface area (Å²) in [6, 6.07) is 0.483. The number of carbonyl (C=O) groups excluding carboxylic acids is 1. The van der Waals surface area contributed by atoms with Gasteiger partial charge in [0.25, 0.3) is 0 Å². The molecule has 0 saturated carbocycles. The molecule has 0 aromatic carbocycles. The minimum Gasteiger partial charge on any atom is -0.338 e. The van der Waals surface area contributed by atoms with E-state index in [1.807, 2.05) is 0 Å². The summed E-state index contributed by atoms with van der Waals surface area (Å²) in [6.07, 6.45) is 2.07. The Morgan fingerprint density at radius 3 is 2.53 bits per heavy atom. The molecule has 1 amide bonds. The van der Waals surface area contributed by atoms with E-state index in [1.165, 1.54) is 0 Å². The quantitative estimate of drug-likeness (QED) is 0.696. The summed E-state index contributed by atoms with van der Waals surface area (Å²) in [5.41, 5.74) is -0.00454. The molecular formula is C12H22N2O. The highest BCUT2D eigenvalue weighted by molar-refractivity contribution is 5.90. The van der Waals surface area contributed by atoms with Crippen LogP contribution in [0.1, 0.15) is 33.6 Å². The van der Waals surface area contributed by atoms with E-state index in [4.69, 9.17) is 0 Å². The average molecular weight is 210 g/mol. The maximum Gasteiger partial charge on any atom is 0.231 e. The Morgan fingerprint density at radius 2 is 2.07 bits per heavy atom. The van der Waals surface area contributed by atoms with E-state index >= 15 is 0 Å². The first-order chi connectivity index (χ1) is 7.13. The molecule has 1 atom stereocenters. The lowest BCUT2D eigenvalue weighted by molar-refractivity contribution is -0.180. The lowest BCUT2D eigenvalue weighted by atomic mass is 9.61. The van der Waals surface area contributed by atoms with Crippen molar-refractivity contribution in [2.75, 3.05) is 19.6 Å². The maximum atomic E-state index is 12.2. The molecule has 2 aliphatic rings. The molecule has 2 rings (SSSR count). The van der Waals surface area contributed by atoms with Gasteiger partial charge in [0.05, 0.1) is 5.41 Å². The molecule has 1 spiro atoms. The van der Waals surface area contributed by atoms with Gasteiger partial charge in [-0.25, -0.2) is 0 Å². The van der Waals surface area contributed by atoms with E-state index in [-0.39, 0.29) is 5.41 Å². The second-order valence-corrected chi connectivity index (χ2v) is 5.19. The van der Waals surface area contributed by atoms with E-state index in [9.17, 15) is 4.79 Å². The topological polar surface area (TPSA) is 32.3 Å². The number of piperidine rings is 1. The maximum absolute atomic E-state index is 12.2. The number of likely N-dealkylation sites (tertiary alicyclic amines) is 1. The van der Waals surface area contributed by atoms with Crippen LogP contribution in [0.2, 0.25) is 0 Å². The molecule has 15 heavy (non-hydrogen) atoms. The highest BCUT2D eigenvalue weighted by atomic mass is 16.2. The summed E-state index contributed by atoms with van der Waals surface area (Å²) in [6.45, 7) is 9.45. The molecule has 2 fully saturated rings. The molecule has 0 aliphatic carbocycles. The minimum absolute atomic E-state index is 0.00454. The van der Waals surface area contributed by atoms with E-state index < -0.39 is 0 Å². The molecule has 2 heterocycles. The largest absolute Gasteiger partial charge is 0.338 e. The van der Waals surface area contributed by atoms with Crippen molar-refractivity contribution < 1.29 is 4.79 Å². The Kier molecular flexibility index (Phi) is 2.75. The number of nitrogens with one attached hydrogen (secondary N) is 1.